The van der Waals surface area contributed by atoms with Crippen molar-refractivity contribution in [3.8, 4) is 0 Å². The molecule has 9 rings (SSSR count). The van der Waals surface area contributed by atoms with Crippen LogP contribution in [0, 0.1) is 40.4 Å². The van der Waals surface area contributed by atoms with Crippen LogP contribution in [0.1, 0.15) is 92.4 Å². The fourth-order valence-electron chi connectivity index (χ4n) is 14.0. The maximum atomic E-state index is 12.9. The quantitative estimate of drug-likeness (QED) is 0.145. The van der Waals surface area contributed by atoms with Crippen LogP contribution in [-0.2, 0) is 42.6 Å². The number of fused-ring (bicyclic) bond motifs is 7. The number of hydrogen-bond donors (Lipinski definition) is 9. The predicted molar refractivity (Wildman–Crippen MR) is 216 cm³/mol. The molecule has 1 spiro atoms. The lowest BCUT2D eigenvalue weighted by molar-refractivity contribution is -0.390. The average molecular weight is 901 g/mol. The van der Waals surface area contributed by atoms with Crippen molar-refractivity contribution in [3.63, 3.8) is 0 Å². The molecule has 18 heteroatoms. The Bertz CT molecular complexity index is 1670. The van der Waals surface area contributed by atoms with Crippen molar-refractivity contribution in [1.29, 1.82) is 0 Å². The summed E-state index contributed by atoms with van der Waals surface area (Å²) in [6.45, 7) is 9.30. The lowest BCUT2D eigenvalue weighted by Crippen LogP contribution is -2.66. The molecule has 26 atom stereocenters. The average Bonchev–Trinajstić information content (AvgIpc) is 3.62. The van der Waals surface area contributed by atoms with Gasteiger partial charge >= 0.3 is 0 Å². The summed E-state index contributed by atoms with van der Waals surface area (Å²) in [6, 6.07) is 0. The zero-order chi connectivity index (χ0) is 45.1. The summed E-state index contributed by atoms with van der Waals surface area (Å²) in [4.78, 5) is 0. The van der Waals surface area contributed by atoms with E-state index < -0.39 is 110 Å². The molecule has 3 saturated carbocycles. The van der Waals surface area contributed by atoms with Gasteiger partial charge in [0, 0.05) is 30.8 Å². The molecule has 360 valence electrons. The third-order valence-corrected chi connectivity index (χ3v) is 17.9. The van der Waals surface area contributed by atoms with Crippen LogP contribution in [0.4, 0.5) is 0 Å². The van der Waals surface area contributed by atoms with Crippen molar-refractivity contribution in [1.82, 2.24) is 0 Å². The number of allylic oxidation sites excluding steroid dienone is 1. The smallest absolute Gasteiger partial charge is 0.187 e. The fourth-order valence-corrected chi connectivity index (χ4v) is 14.0. The Labute approximate surface area is 368 Å². The first kappa shape index (κ1) is 47.1. The Balaban J connectivity index is 0.938. The zero-order valence-corrected chi connectivity index (χ0v) is 37.3. The molecule has 0 amide bonds. The molecule has 0 aromatic carbocycles. The third kappa shape index (κ3) is 7.35. The Hall–Kier alpha value is -0.980. The molecule has 5 aliphatic heterocycles. The summed E-state index contributed by atoms with van der Waals surface area (Å²) in [6.07, 6.45) is -12.6. The van der Waals surface area contributed by atoms with Gasteiger partial charge < -0.3 is 88.6 Å². The Morgan fingerprint density at radius 2 is 1.46 bits per heavy atom. The normalized spacial score (nSPS) is 58.1. The first-order chi connectivity index (χ1) is 29.8. The molecule has 5 saturated heterocycles. The minimum Gasteiger partial charge on any atom is -0.394 e. The molecule has 0 unspecified atom stereocenters. The summed E-state index contributed by atoms with van der Waals surface area (Å²) in [7, 11) is 1.67. The maximum Gasteiger partial charge on any atom is 0.187 e. The van der Waals surface area contributed by atoms with Gasteiger partial charge in [-0.1, -0.05) is 39.3 Å². The highest BCUT2D eigenvalue weighted by atomic mass is 16.8. The molecule has 5 heterocycles. The Kier molecular flexibility index (Phi) is 12.9. The highest BCUT2D eigenvalue weighted by Gasteiger charge is 2.76. The topological polar surface area (TPSA) is 265 Å². The van der Waals surface area contributed by atoms with E-state index in [2.05, 4.69) is 33.8 Å². The standard InChI is InChI=1S/C45H72O18/c1-19-9-14-44(63-38(19)55-6)21(3)45(54)29(62-44)16-26-24-8-7-22-15-23(10-12-42(22,4)25(24)11-13-43(26,45)5)58-41-37(61-40-35(53)33(51)30(48)20(2)57-40)36(32(50)28(17-46)59-41)60-39-34(52)31(49)27(47)18-56-39/h7,19-21,23-41,46-54H,8-18H2,1-6H3/t19-,20+,21-,23+,24-,25+,26+,27-,28-,29+,30+,31+,32-,33-,34-,35-,36+,37-,38-,39+,40+,41-,42+,43+,44-,45-/m1/s1. The summed E-state index contributed by atoms with van der Waals surface area (Å²) in [5.74, 6) is 0.0831. The maximum absolute atomic E-state index is 12.9. The molecule has 9 N–H and O–H groups in total. The predicted octanol–water partition coefficient (Wildman–Crippen LogP) is -0.0594. The molecule has 9 aliphatic rings. The van der Waals surface area contributed by atoms with Gasteiger partial charge in [0.25, 0.3) is 0 Å². The number of aliphatic hydroxyl groups is 9. The number of hydrogen-bond acceptors (Lipinski definition) is 18. The fraction of sp³-hybridized carbons (Fsp3) is 0.956. The first-order valence-electron chi connectivity index (χ1n) is 23.4. The minimum absolute atomic E-state index is 0.141. The van der Waals surface area contributed by atoms with Crippen molar-refractivity contribution in [2.75, 3.05) is 20.3 Å². The Morgan fingerprint density at radius 1 is 0.730 bits per heavy atom. The second-order valence-electron chi connectivity index (χ2n) is 21.0. The molecular weight excluding hydrogens is 828 g/mol. The van der Waals surface area contributed by atoms with Crippen molar-refractivity contribution in [2.45, 2.75) is 208 Å². The lowest BCUT2D eigenvalue weighted by Gasteiger charge is -2.60. The molecule has 63 heavy (non-hydrogen) atoms. The van der Waals surface area contributed by atoms with E-state index in [1.54, 1.807) is 7.11 Å². The SMILES string of the molecule is CO[C@@H]1O[C@@]2(CC[C@H]1C)O[C@H]1C[C@H]3[C@@H]4CC=C5C[C@@H](O[C@@H]6O[C@H](CO)[C@@H](O)[C@H](O[C@@H]7OC[C@@H](O)[C@H](O)[C@H]7O)[C@H]6O[C@@H]6O[C@@H](C)[C@H](O)[C@@H](O)[C@H]6O)CC[C@]5(C)[C@H]4CC[C@]3(C)[C@@]1(O)[C@@H]2C. The van der Waals surface area contributed by atoms with Crippen LogP contribution in [0.5, 0.6) is 0 Å². The molecule has 0 aromatic heterocycles. The van der Waals surface area contributed by atoms with Crippen LogP contribution in [0.2, 0.25) is 0 Å². The van der Waals surface area contributed by atoms with E-state index in [0.29, 0.717) is 24.7 Å². The molecule has 18 nitrogen and oxygen atoms in total. The van der Waals surface area contributed by atoms with Gasteiger partial charge in [0.2, 0.25) is 0 Å². The number of aliphatic hydroxyl groups excluding tert-OH is 8. The van der Waals surface area contributed by atoms with E-state index in [4.69, 9.17) is 42.6 Å². The molecule has 8 fully saturated rings. The molecular formula is C45H72O18. The molecule has 0 radical (unpaired) electrons. The van der Waals surface area contributed by atoms with Crippen molar-refractivity contribution >= 4 is 0 Å². The minimum atomic E-state index is -1.74. The Morgan fingerprint density at radius 3 is 2.19 bits per heavy atom. The summed E-state index contributed by atoms with van der Waals surface area (Å²) in [5, 5.41) is 98.1. The van der Waals surface area contributed by atoms with Gasteiger partial charge in [-0.05, 0) is 81.5 Å². The summed E-state index contributed by atoms with van der Waals surface area (Å²) >= 11 is 0. The van der Waals surface area contributed by atoms with Gasteiger partial charge in [-0.25, -0.2) is 0 Å². The van der Waals surface area contributed by atoms with E-state index >= 15 is 0 Å². The molecule has 0 aromatic rings. The van der Waals surface area contributed by atoms with Gasteiger partial charge in [-0.3, -0.25) is 0 Å². The number of methoxy groups -OCH3 is 1. The van der Waals surface area contributed by atoms with Crippen LogP contribution in [0.3, 0.4) is 0 Å². The number of ether oxygens (including phenoxy) is 9. The largest absolute Gasteiger partial charge is 0.394 e. The van der Waals surface area contributed by atoms with Gasteiger partial charge in [0.1, 0.15) is 66.6 Å². The van der Waals surface area contributed by atoms with Crippen LogP contribution < -0.4 is 0 Å². The highest BCUT2D eigenvalue weighted by Crippen LogP contribution is 2.72. The lowest BCUT2D eigenvalue weighted by atomic mass is 9.46. The van der Waals surface area contributed by atoms with Gasteiger partial charge in [0.05, 0.1) is 31.5 Å². The van der Waals surface area contributed by atoms with Gasteiger partial charge in [0.15, 0.2) is 30.9 Å². The zero-order valence-electron chi connectivity index (χ0n) is 37.3. The van der Waals surface area contributed by atoms with E-state index in [9.17, 15) is 46.0 Å². The second-order valence-corrected chi connectivity index (χ2v) is 21.0. The molecule has 0 bridgehead atoms. The van der Waals surface area contributed by atoms with Crippen molar-refractivity contribution in [3.05, 3.63) is 11.6 Å². The molecule has 4 aliphatic carbocycles. The summed E-state index contributed by atoms with van der Waals surface area (Å²) < 4.78 is 55.7. The van der Waals surface area contributed by atoms with E-state index in [1.807, 2.05) is 0 Å². The van der Waals surface area contributed by atoms with E-state index in [1.165, 1.54) is 12.5 Å². The van der Waals surface area contributed by atoms with Gasteiger partial charge in [-0.2, -0.15) is 0 Å². The van der Waals surface area contributed by atoms with Crippen molar-refractivity contribution in [2.24, 2.45) is 40.4 Å². The van der Waals surface area contributed by atoms with Crippen LogP contribution in [0.15, 0.2) is 11.6 Å². The second kappa shape index (κ2) is 17.2. The van der Waals surface area contributed by atoms with E-state index in [0.717, 1.165) is 44.9 Å². The number of rotatable bonds is 8. The van der Waals surface area contributed by atoms with E-state index in [-0.39, 0.29) is 47.6 Å². The van der Waals surface area contributed by atoms with Gasteiger partial charge in [-0.15, -0.1) is 0 Å². The van der Waals surface area contributed by atoms with Crippen molar-refractivity contribution < 1.29 is 88.6 Å². The third-order valence-electron chi connectivity index (χ3n) is 17.9. The highest BCUT2D eigenvalue weighted by molar-refractivity contribution is 5.29. The van der Waals surface area contributed by atoms with Crippen LogP contribution in [-0.4, -0.2) is 182 Å². The van der Waals surface area contributed by atoms with Crippen LogP contribution in [0.25, 0.3) is 0 Å². The monoisotopic (exact) mass is 900 g/mol. The summed E-state index contributed by atoms with van der Waals surface area (Å²) in [5.41, 5.74) is -0.286. The first-order valence-corrected chi connectivity index (χ1v) is 23.4. The van der Waals surface area contributed by atoms with Crippen LogP contribution >= 0.6 is 0 Å².